The number of aryl methyl sites for hydroxylation is 3. The SMILES string of the molecule is Cc1cc(C)c2sc(N(CCN(C)C)C(=O)c3c(C)nc4ccccn34)nc2c1.Cl. The van der Waals surface area contributed by atoms with E-state index in [2.05, 4.69) is 35.9 Å². The third kappa shape index (κ3) is 4.05. The number of benzene rings is 1. The van der Waals surface area contributed by atoms with Gasteiger partial charge in [-0.15, -0.1) is 12.4 Å². The number of nitrogens with zero attached hydrogens (tertiary/aromatic N) is 5. The van der Waals surface area contributed by atoms with Crippen molar-refractivity contribution in [2.45, 2.75) is 20.8 Å². The van der Waals surface area contributed by atoms with E-state index in [1.807, 2.05) is 49.8 Å². The topological polar surface area (TPSA) is 53.7 Å². The molecule has 30 heavy (non-hydrogen) atoms. The Hall–Kier alpha value is -2.48. The Morgan fingerprint density at radius 2 is 1.87 bits per heavy atom. The maximum Gasteiger partial charge on any atom is 0.279 e. The molecule has 0 N–H and O–H groups in total. The summed E-state index contributed by atoms with van der Waals surface area (Å²) in [4.78, 5) is 27.0. The van der Waals surface area contributed by atoms with Gasteiger partial charge in [0.15, 0.2) is 5.13 Å². The number of rotatable bonds is 5. The first-order valence-corrected chi connectivity index (χ1v) is 10.4. The zero-order valence-corrected chi connectivity index (χ0v) is 19.5. The number of halogens is 1. The number of anilines is 1. The molecule has 0 saturated carbocycles. The predicted octanol–water partition coefficient (Wildman–Crippen LogP) is 4.50. The Kier molecular flexibility index (Phi) is 6.45. The van der Waals surface area contributed by atoms with Crippen molar-refractivity contribution in [1.29, 1.82) is 0 Å². The monoisotopic (exact) mass is 443 g/mol. The molecule has 0 radical (unpaired) electrons. The number of amides is 1. The summed E-state index contributed by atoms with van der Waals surface area (Å²) in [6.45, 7) is 7.36. The highest BCUT2D eigenvalue weighted by molar-refractivity contribution is 7.22. The van der Waals surface area contributed by atoms with E-state index >= 15 is 0 Å². The molecule has 8 heteroatoms. The minimum atomic E-state index is -0.0727. The Bertz CT molecular complexity index is 1210. The summed E-state index contributed by atoms with van der Waals surface area (Å²) in [5.41, 5.74) is 5.40. The number of carbonyl (C=O) groups excluding carboxylic acids is 1. The van der Waals surface area contributed by atoms with Crippen molar-refractivity contribution in [3.63, 3.8) is 0 Å². The second-order valence-electron chi connectivity index (χ2n) is 7.66. The number of carbonyl (C=O) groups is 1. The molecular formula is C22H26ClN5OS. The van der Waals surface area contributed by atoms with Crippen LogP contribution < -0.4 is 4.90 Å². The van der Waals surface area contributed by atoms with Crippen LogP contribution in [0.25, 0.3) is 15.9 Å². The molecular weight excluding hydrogens is 418 g/mol. The number of aromatic nitrogens is 3. The lowest BCUT2D eigenvalue weighted by Gasteiger charge is -2.22. The number of pyridine rings is 1. The largest absolute Gasteiger partial charge is 0.308 e. The second kappa shape index (κ2) is 8.71. The van der Waals surface area contributed by atoms with E-state index in [4.69, 9.17) is 4.98 Å². The summed E-state index contributed by atoms with van der Waals surface area (Å²) < 4.78 is 2.99. The summed E-state index contributed by atoms with van der Waals surface area (Å²) >= 11 is 1.58. The zero-order valence-electron chi connectivity index (χ0n) is 17.8. The van der Waals surface area contributed by atoms with Gasteiger partial charge in [0.2, 0.25) is 0 Å². The molecule has 1 aromatic carbocycles. The quantitative estimate of drug-likeness (QED) is 0.455. The number of likely N-dealkylation sites (N-methyl/N-ethyl adjacent to an activating group) is 1. The summed E-state index contributed by atoms with van der Waals surface area (Å²) in [6, 6.07) is 10.00. The van der Waals surface area contributed by atoms with Gasteiger partial charge in [-0.05, 0) is 64.2 Å². The maximum atomic E-state index is 13.7. The van der Waals surface area contributed by atoms with Crippen LogP contribution >= 0.6 is 23.7 Å². The van der Waals surface area contributed by atoms with Gasteiger partial charge < -0.3 is 4.90 Å². The average Bonchev–Trinajstić information content (AvgIpc) is 3.21. The third-order valence-electron chi connectivity index (χ3n) is 4.96. The number of fused-ring (bicyclic) bond motifs is 2. The van der Waals surface area contributed by atoms with Crippen LogP contribution in [0, 0.1) is 20.8 Å². The standard InChI is InChI=1S/C22H25N5OS.ClH/c1-14-12-15(2)20-17(13-14)24-22(29-20)27(11-10-25(4)5)21(28)19-16(3)23-18-8-6-7-9-26(18)19;/h6-9,12-13H,10-11H2,1-5H3;1H. The van der Waals surface area contributed by atoms with Crippen molar-refractivity contribution in [2.75, 3.05) is 32.1 Å². The first-order valence-electron chi connectivity index (χ1n) is 9.63. The van der Waals surface area contributed by atoms with E-state index in [1.165, 1.54) is 11.1 Å². The van der Waals surface area contributed by atoms with Gasteiger partial charge in [0.25, 0.3) is 5.91 Å². The van der Waals surface area contributed by atoms with Crippen LogP contribution in [0.4, 0.5) is 5.13 Å². The molecule has 0 aliphatic rings. The molecule has 0 fully saturated rings. The van der Waals surface area contributed by atoms with E-state index < -0.39 is 0 Å². The highest BCUT2D eigenvalue weighted by atomic mass is 35.5. The van der Waals surface area contributed by atoms with Gasteiger partial charge in [0.1, 0.15) is 11.3 Å². The van der Waals surface area contributed by atoms with Gasteiger partial charge in [-0.2, -0.15) is 0 Å². The first-order chi connectivity index (χ1) is 13.8. The van der Waals surface area contributed by atoms with Crippen molar-refractivity contribution >= 4 is 50.6 Å². The molecule has 0 unspecified atom stereocenters. The highest BCUT2D eigenvalue weighted by Crippen LogP contribution is 2.33. The fourth-order valence-electron chi connectivity index (χ4n) is 3.56. The van der Waals surface area contributed by atoms with Crippen LogP contribution in [0.1, 0.15) is 27.3 Å². The minimum Gasteiger partial charge on any atom is -0.308 e. The minimum absolute atomic E-state index is 0. The number of hydrogen-bond acceptors (Lipinski definition) is 5. The Morgan fingerprint density at radius 3 is 2.60 bits per heavy atom. The van der Waals surface area contributed by atoms with E-state index in [9.17, 15) is 4.79 Å². The molecule has 3 aromatic heterocycles. The van der Waals surface area contributed by atoms with Crippen LogP contribution in [0.5, 0.6) is 0 Å². The van der Waals surface area contributed by atoms with E-state index in [1.54, 1.807) is 16.2 Å². The zero-order chi connectivity index (χ0) is 20.7. The van der Waals surface area contributed by atoms with Gasteiger partial charge in [-0.25, -0.2) is 9.97 Å². The molecule has 0 bridgehead atoms. The molecule has 4 rings (SSSR count). The third-order valence-corrected chi connectivity index (χ3v) is 6.19. The van der Waals surface area contributed by atoms with Crippen molar-refractivity contribution in [3.8, 4) is 0 Å². The highest BCUT2D eigenvalue weighted by Gasteiger charge is 2.26. The van der Waals surface area contributed by atoms with E-state index in [0.717, 1.165) is 33.2 Å². The van der Waals surface area contributed by atoms with Gasteiger partial charge in [-0.1, -0.05) is 23.5 Å². The van der Waals surface area contributed by atoms with Crippen molar-refractivity contribution in [2.24, 2.45) is 0 Å². The molecule has 4 aromatic rings. The molecule has 0 spiro atoms. The fraction of sp³-hybridized carbons (Fsp3) is 0.318. The maximum absolute atomic E-state index is 13.7. The Balaban J connectivity index is 0.00000256. The first kappa shape index (κ1) is 22.2. The smallest absolute Gasteiger partial charge is 0.279 e. The molecule has 0 aliphatic heterocycles. The van der Waals surface area contributed by atoms with Crippen LogP contribution in [-0.2, 0) is 0 Å². The van der Waals surface area contributed by atoms with Gasteiger partial charge >= 0.3 is 0 Å². The summed E-state index contributed by atoms with van der Waals surface area (Å²) in [7, 11) is 4.02. The average molecular weight is 444 g/mol. The molecule has 158 valence electrons. The van der Waals surface area contributed by atoms with Crippen molar-refractivity contribution in [3.05, 3.63) is 59.0 Å². The van der Waals surface area contributed by atoms with Crippen LogP contribution in [0.15, 0.2) is 36.5 Å². The summed E-state index contributed by atoms with van der Waals surface area (Å²) in [5.74, 6) is -0.0727. The summed E-state index contributed by atoms with van der Waals surface area (Å²) in [5, 5.41) is 0.728. The molecule has 0 saturated heterocycles. The number of imidazole rings is 1. The normalized spacial score (nSPS) is 11.3. The van der Waals surface area contributed by atoms with E-state index in [0.29, 0.717) is 12.2 Å². The lowest BCUT2D eigenvalue weighted by atomic mass is 10.1. The molecule has 0 atom stereocenters. The lowest BCUT2D eigenvalue weighted by Crippen LogP contribution is -2.37. The fourth-order valence-corrected chi connectivity index (χ4v) is 4.60. The van der Waals surface area contributed by atoms with Gasteiger partial charge in [-0.3, -0.25) is 14.1 Å². The molecule has 0 aliphatic carbocycles. The van der Waals surface area contributed by atoms with Crippen molar-refractivity contribution < 1.29 is 4.79 Å². The predicted molar refractivity (Wildman–Crippen MR) is 127 cm³/mol. The molecule has 3 heterocycles. The number of thiazole rings is 1. The van der Waals surface area contributed by atoms with Crippen LogP contribution in [0.3, 0.4) is 0 Å². The van der Waals surface area contributed by atoms with Crippen LogP contribution in [-0.4, -0.2) is 52.4 Å². The van der Waals surface area contributed by atoms with E-state index in [-0.39, 0.29) is 18.3 Å². The van der Waals surface area contributed by atoms with Crippen LogP contribution in [0.2, 0.25) is 0 Å². The van der Waals surface area contributed by atoms with Gasteiger partial charge in [0.05, 0.1) is 15.9 Å². The number of hydrogen-bond donors (Lipinski definition) is 0. The van der Waals surface area contributed by atoms with Crippen molar-refractivity contribution in [1.82, 2.24) is 19.3 Å². The summed E-state index contributed by atoms with van der Waals surface area (Å²) in [6.07, 6.45) is 1.89. The second-order valence-corrected chi connectivity index (χ2v) is 8.64. The molecule has 6 nitrogen and oxygen atoms in total. The Morgan fingerprint density at radius 1 is 1.10 bits per heavy atom. The lowest BCUT2D eigenvalue weighted by molar-refractivity contribution is 0.0979. The van der Waals surface area contributed by atoms with Gasteiger partial charge in [0, 0.05) is 19.3 Å². The Labute approximate surface area is 186 Å². The molecule has 1 amide bonds.